The number of alkyl halides is 3. The Labute approximate surface area is 222 Å². The average molecular weight is 537 g/mol. The number of aldehydes is 1. The molecule has 0 saturated heterocycles. The van der Waals surface area contributed by atoms with Crippen LogP contribution >= 0.6 is 12.6 Å². The number of carbonyl (C=O) groups is 1. The van der Waals surface area contributed by atoms with E-state index in [9.17, 15) is 18.0 Å². The molecule has 0 fully saturated rings. The first-order valence-corrected chi connectivity index (χ1v) is 12.4. The molecule has 2 aromatic carbocycles. The van der Waals surface area contributed by atoms with Gasteiger partial charge in [-0.05, 0) is 69.0 Å². The summed E-state index contributed by atoms with van der Waals surface area (Å²) in [6.07, 6.45) is -1.22. The third-order valence-electron chi connectivity index (χ3n) is 5.56. The van der Waals surface area contributed by atoms with Crippen LogP contribution in [0, 0.1) is 6.92 Å². The van der Waals surface area contributed by atoms with Crippen molar-refractivity contribution in [3.05, 3.63) is 75.3 Å². The van der Waals surface area contributed by atoms with Crippen molar-refractivity contribution in [3.8, 4) is 5.75 Å². The predicted octanol–water partition coefficient (Wildman–Crippen LogP) is 6.49. The lowest BCUT2D eigenvalue weighted by Crippen LogP contribution is -2.30. The molecule has 0 amide bonds. The van der Waals surface area contributed by atoms with Crippen molar-refractivity contribution >= 4 is 25.1 Å². The average Bonchev–Trinajstić information content (AvgIpc) is 2.84. The quantitative estimate of drug-likeness (QED) is 0.138. The zero-order valence-electron chi connectivity index (χ0n) is 21.9. The summed E-state index contributed by atoms with van der Waals surface area (Å²) in [6, 6.07) is 10.7. The van der Waals surface area contributed by atoms with Crippen LogP contribution < -0.4 is 4.74 Å². The molecule has 0 aliphatic heterocycles. The largest absolute Gasteiger partial charge is 0.480 e. The zero-order valence-corrected chi connectivity index (χ0v) is 22.8. The number of hydrogen-bond donors (Lipinski definition) is 1. The van der Waals surface area contributed by atoms with Gasteiger partial charge < -0.3 is 9.47 Å². The Morgan fingerprint density at radius 1 is 1.14 bits per heavy atom. The summed E-state index contributed by atoms with van der Waals surface area (Å²) in [5.74, 6) is 0.662. The molecule has 0 saturated carbocycles. The Morgan fingerprint density at radius 3 is 2.38 bits per heavy atom. The monoisotopic (exact) mass is 536 g/mol. The molecular weight excluding hydrogens is 501 g/mol. The summed E-state index contributed by atoms with van der Waals surface area (Å²) in [5.41, 5.74) is 1.67. The van der Waals surface area contributed by atoms with Gasteiger partial charge in [-0.3, -0.25) is 14.7 Å². The second-order valence-electron chi connectivity index (χ2n) is 9.39. The Balaban J connectivity index is 2.14. The van der Waals surface area contributed by atoms with E-state index in [1.54, 1.807) is 21.0 Å². The van der Waals surface area contributed by atoms with Crippen molar-refractivity contribution < 1.29 is 27.4 Å². The van der Waals surface area contributed by atoms with E-state index in [1.807, 2.05) is 32.0 Å². The van der Waals surface area contributed by atoms with Gasteiger partial charge >= 0.3 is 6.18 Å². The lowest BCUT2D eigenvalue weighted by atomic mass is 10.1. The molecule has 202 valence electrons. The van der Waals surface area contributed by atoms with Crippen LogP contribution in [0.15, 0.2) is 58.1 Å². The minimum Gasteiger partial charge on any atom is -0.480 e. The number of halogens is 3. The van der Waals surface area contributed by atoms with Crippen LogP contribution in [0.3, 0.4) is 0 Å². The van der Waals surface area contributed by atoms with Gasteiger partial charge in [0.15, 0.2) is 11.9 Å². The molecule has 0 unspecified atom stereocenters. The van der Waals surface area contributed by atoms with Gasteiger partial charge in [0.25, 0.3) is 0 Å². The molecule has 0 atom stereocenters. The predicted molar refractivity (Wildman–Crippen MR) is 144 cm³/mol. The second-order valence-corrected chi connectivity index (χ2v) is 9.93. The number of ether oxygens (including phenoxy) is 2. The third-order valence-corrected chi connectivity index (χ3v) is 6.03. The Morgan fingerprint density at radius 2 is 1.81 bits per heavy atom. The normalized spacial score (nSPS) is 13.2. The van der Waals surface area contributed by atoms with Crippen LogP contribution in [0.25, 0.3) is 0 Å². The van der Waals surface area contributed by atoms with Gasteiger partial charge in [0, 0.05) is 50.2 Å². The van der Waals surface area contributed by atoms with Crippen LogP contribution in [0.4, 0.5) is 13.2 Å². The Hall–Kier alpha value is -2.62. The number of aliphatic imine (C=N–C) groups is 1. The number of allylic oxidation sites excluding steroid dienone is 1. The van der Waals surface area contributed by atoms with Crippen molar-refractivity contribution in [2.24, 2.45) is 4.99 Å². The van der Waals surface area contributed by atoms with E-state index in [0.29, 0.717) is 36.7 Å². The van der Waals surface area contributed by atoms with Crippen LogP contribution in [0.2, 0.25) is 0 Å². The molecule has 2 aromatic rings. The molecule has 9 heteroatoms. The summed E-state index contributed by atoms with van der Waals surface area (Å²) in [7, 11) is 1.66. The van der Waals surface area contributed by atoms with Crippen molar-refractivity contribution in [3.63, 3.8) is 0 Å². The highest BCUT2D eigenvalue weighted by atomic mass is 32.1. The van der Waals surface area contributed by atoms with E-state index in [1.165, 1.54) is 18.3 Å². The summed E-state index contributed by atoms with van der Waals surface area (Å²) >= 11 is 4.66. The highest BCUT2D eigenvalue weighted by Crippen LogP contribution is 2.29. The van der Waals surface area contributed by atoms with E-state index in [-0.39, 0.29) is 0 Å². The molecule has 5 nitrogen and oxygen atoms in total. The zero-order chi connectivity index (χ0) is 27.6. The maximum Gasteiger partial charge on any atom is 0.416 e. The first kappa shape index (κ1) is 30.6. The number of benzene rings is 2. The maximum atomic E-state index is 12.8. The molecule has 0 heterocycles. The van der Waals surface area contributed by atoms with E-state index < -0.39 is 17.3 Å². The minimum atomic E-state index is -4.37. The molecule has 0 spiro atoms. The van der Waals surface area contributed by atoms with Gasteiger partial charge in [-0.25, -0.2) is 0 Å². The first-order valence-electron chi connectivity index (χ1n) is 11.9. The smallest absolute Gasteiger partial charge is 0.416 e. The number of hydrogen-bond acceptors (Lipinski definition) is 6. The molecule has 0 aliphatic carbocycles. The number of nitrogens with zero attached hydrogens (tertiary/aromatic N) is 2. The molecule has 2 rings (SSSR count). The summed E-state index contributed by atoms with van der Waals surface area (Å²) in [4.78, 5) is 18.6. The SMILES string of the molecule is COCCCN(C/C(S)=C(\C)N=Cc1ccc(C(F)(F)F)cc1)Cc1ccc(OC(C)(C)C=O)c(C)c1. The van der Waals surface area contributed by atoms with Crippen molar-refractivity contribution in [2.45, 2.75) is 52.4 Å². The Bertz CT molecular complexity index is 1100. The van der Waals surface area contributed by atoms with Gasteiger partial charge in [-0.15, -0.1) is 12.6 Å². The number of thiol groups is 1. The molecule has 0 aromatic heterocycles. The number of carbonyl (C=O) groups excluding carboxylic acids is 1. The minimum absolute atomic E-state index is 0.540. The summed E-state index contributed by atoms with van der Waals surface area (Å²) < 4.78 is 49.3. The fourth-order valence-corrected chi connectivity index (χ4v) is 3.72. The molecule has 0 N–H and O–H groups in total. The van der Waals surface area contributed by atoms with E-state index in [4.69, 9.17) is 9.47 Å². The van der Waals surface area contributed by atoms with Gasteiger partial charge in [-0.1, -0.05) is 24.3 Å². The van der Waals surface area contributed by atoms with Crippen molar-refractivity contribution in [1.29, 1.82) is 0 Å². The lowest BCUT2D eigenvalue weighted by molar-refractivity contribution is -0.137. The molecule has 0 radical (unpaired) electrons. The van der Waals surface area contributed by atoms with Gasteiger partial charge in [0.1, 0.15) is 5.75 Å². The molecule has 37 heavy (non-hydrogen) atoms. The van der Waals surface area contributed by atoms with Crippen LogP contribution in [0.1, 0.15) is 49.4 Å². The van der Waals surface area contributed by atoms with Gasteiger partial charge in [-0.2, -0.15) is 13.2 Å². The van der Waals surface area contributed by atoms with E-state index >= 15 is 0 Å². The number of methoxy groups -OCH3 is 1. The third kappa shape index (κ3) is 10.3. The Kier molecular flexibility index (Phi) is 11.4. The molecule has 0 bridgehead atoms. The van der Waals surface area contributed by atoms with E-state index in [2.05, 4.69) is 22.5 Å². The fourth-order valence-electron chi connectivity index (χ4n) is 3.47. The maximum absolute atomic E-state index is 12.8. The molecular formula is C28H35F3N2O3S. The van der Waals surface area contributed by atoms with Crippen molar-refractivity contribution in [1.82, 2.24) is 4.90 Å². The first-order chi connectivity index (χ1) is 17.3. The standard InChI is InChI=1S/C28H35F3N2O3S/c1-20-15-23(9-12-25(20)36-27(3,4)19-34)17-33(13-6-14-35-5)18-26(37)21(2)32-16-22-7-10-24(11-8-22)28(29,30)31/h7-12,15-16,19,37H,6,13-14,17-18H2,1-5H3/b26-21-,32-16?. The highest BCUT2D eigenvalue weighted by Gasteiger charge is 2.29. The lowest BCUT2D eigenvalue weighted by Gasteiger charge is -2.24. The van der Waals surface area contributed by atoms with Crippen LogP contribution in [-0.2, 0) is 22.3 Å². The van der Waals surface area contributed by atoms with Gasteiger partial charge in [0.2, 0.25) is 0 Å². The second kappa shape index (κ2) is 13.8. The topological polar surface area (TPSA) is 51.1 Å². The highest BCUT2D eigenvalue weighted by molar-refractivity contribution is 7.84. The van der Waals surface area contributed by atoms with E-state index in [0.717, 1.165) is 47.4 Å². The van der Waals surface area contributed by atoms with Crippen LogP contribution in [-0.4, -0.2) is 49.8 Å². The molecule has 0 aliphatic rings. The van der Waals surface area contributed by atoms with Gasteiger partial charge in [0.05, 0.1) is 5.56 Å². The fraction of sp³-hybridized carbons (Fsp3) is 0.429. The van der Waals surface area contributed by atoms with Crippen molar-refractivity contribution in [2.75, 3.05) is 26.8 Å². The van der Waals surface area contributed by atoms with Crippen LogP contribution in [0.5, 0.6) is 5.75 Å². The summed E-state index contributed by atoms with van der Waals surface area (Å²) in [5, 5.41) is 0. The number of rotatable bonds is 13. The number of aryl methyl sites for hydroxylation is 1. The summed E-state index contributed by atoms with van der Waals surface area (Å²) in [6.45, 7) is 9.78.